The molecule has 1 saturated carbocycles. The summed E-state index contributed by atoms with van der Waals surface area (Å²) in [4.78, 5) is 0.278. The van der Waals surface area contributed by atoms with Gasteiger partial charge in [-0.2, -0.15) is 5.10 Å². The fraction of sp³-hybridized carbons (Fsp3) is 0.667. The Kier molecular flexibility index (Phi) is 2.88. The average Bonchev–Trinajstić information content (AvgIpc) is 2.86. The third-order valence-corrected chi connectivity index (χ3v) is 5.70. The summed E-state index contributed by atoms with van der Waals surface area (Å²) >= 11 is 3.34. The number of alkyl halides is 1. The number of nitrogens with one attached hydrogen (secondary N) is 2. The normalized spacial score (nSPS) is 18.7. The van der Waals surface area contributed by atoms with E-state index in [9.17, 15) is 8.42 Å². The fourth-order valence-corrected chi connectivity index (χ4v) is 4.40. The molecule has 0 amide bonds. The van der Waals surface area contributed by atoms with Crippen LogP contribution < -0.4 is 4.72 Å². The van der Waals surface area contributed by atoms with Gasteiger partial charge in [0, 0.05) is 10.9 Å². The maximum Gasteiger partial charge on any atom is 0.244 e. The monoisotopic (exact) mass is 307 g/mol. The average molecular weight is 308 g/mol. The number of hydrogen-bond acceptors (Lipinski definition) is 3. The molecule has 0 aliphatic heterocycles. The predicted octanol–water partition coefficient (Wildman–Crippen LogP) is 1.23. The van der Waals surface area contributed by atoms with Crippen LogP contribution in [0.15, 0.2) is 4.90 Å². The van der Waals surface area contributed by atoms with Gasteiger partial charge in [-0.15, -0.1) is 0 Å². The topological polar surface area (TPSA) is 74.8 Å². The molecular formula is C9H14BrN3O2S. The Balaban J connectivity index is 2.33. The molecule has 0 bridgehead atoms. The summed E-state index contributed by atoms with van der Waals surface area (Å²) in [7, 11) is -3.46. The van der Waals surface area contributed by atoms with Crippen molar-refractivity contribution >= 4 is 26.0 Å². The number of H-pyrrole nitrogens is 1. The molecule has 0 aromatic carbocycles. The summed E-state index contributed by atoms with van der Waals surface area (Å²) in [6.07, 6.45) is 1.76. The molecule has 0 saturated heterocycles. The van der Waals surface area contributed by atoms with Crippen LogP contribution in [0, 0.1) is 13.8 Å². The Labute approximate surface area is 103 Å². The van der Waals surface area contributed by atoms with Crippen molar-refractivity contribution < 1.29 is 8.42 Å². The molecule has 1 aliphatic carbocycles. The van der Waals surface area contributed by atoms with Crippen LogP contribution in [0.3, 0.4) is 0 Å². The second-order valence-electron chi connectivity index (χ2n) is 4.28. The van der Waals surface area contributed by atoms with Gasteiger partial charge in [0.25, 0.3) is 0 Å². The molecule has 5 nitrogen and oxygen atoms in total. The lowest BCUT2D eigenvalue weighted by atomic mass is 10.4. The minimum Gasteiger partial charge on any atom is -0.281 e. The van der Waals surface area contributed by atoms with E-state index < -0.39 is 10.0 Å². The molecule has 0 radical (unpaired) electrons. The van der Waals surface area contributed by atoms with Crippen LogP contribution in [0.2, 0.25) is 0 Å². The lowest BCUT2D eigenvalue weighted by Crippen LogP contribution is -2.38. The van der Waals surface area contributed by atoms with Crippen LogP contribution in [0.1, 0.15) is 24.2 Å². The van der Waals surface area contributed by atoms with E-state index in [1.165, 1.54) is 0 Å². The molecule has 90 valence electrons. The van der Waals surface area contributed by atoms with Gasteiger partial charge in [0.1, 0.15) is 4.90 Å². The van der Waals surface area contributed by atoms with Crippen LogP contribution in [-0.4, -0.2) is 29.5 Å². The highest BCUT2D eigenvalue weighted by Gasteiger charge is 2.45. The number of rotatable bonds is 4. The van der Waals surface area contributed by atoms with Crippen molar-refractivity contribution in [2.24, 2.45) is 0 Å². The highest BCUT2D eigenvalue weighted by atomic mass is 79.9. The molecule has 0 atom stereocenters. The maximum absolute atomic E-state index is 12.2. The highest BCUT2D eigenvalue weighted by molar-refractivity contribution is 9.09. The molecule has 2 N–H and O–H groups in total. The van der Waals surface area contributed by atoms with Crippen molar-refractivity contribution in [2.75, 3.05) is 5.33 Å². The first-order valence-electron chi connectivity index (χ1n) is 5.02. The zero-order chi connectivity index (χ0) is 12.0. The van der Waals surface area contributed by atoms with Crippen LogP contribution in [0.4, 0.5) is 0 Å². The number of halogens is 1. The number of aromatic amines is 1. The first-order chi connectivity index (χ1) is 7.40. The summed E-state index contributed by atoms with van der Waals surface area (Å²) < 4.78 is 27.1. The third kappa shape index (κ3) is 2.03. The highest BCUT2D eigenvalue weighted by Crippen LogP contribution is 2.38. The van der Waals surface area contributed by atoms with Crippen LogP contribution in [-0.2, 0) is 10.0 Å². The lowest BCUT2D eigenvalue weighted by molar-refractivity contribution is 0.560. The van der Waals surface area contributed by atoms with Crippen LogP contribution >= 0.6 is 15.9 Å². The zero-order valence-corrected chi connectivity index (χ0v) is 11.6. The van der Waals surface area contributed by atoms with Crippen molar-refractivity contribution in [3.05, 3.63) is 11.4 Å². The quantitative estimate of drug-likeness (QED) is 0.822. The molecule has 0 spiro atoms. The van der Waals surface area contributed by atoms with E-state index >= 15 is 0 Å². The van der Waals surface area contributed by atoms with Crippen molar-refractivity contribution in [2.45, 2.75) is 37.1 Å². The molecule has 1 aromatic rings. The van der Waals surface area contributed by atoms with Crippen molar-refractivity contribution in [1.29, 1.82) is 0 Å². The molecule has 2 rings (SSSR count). The van der Waals surface area contributed by atoms with Crippen LogP contribution in [0.25, 0.3) is 0 Å². The van der Waals surface area contributed by atoms with E-state index in [4.69, 9.17) is 0 Å². The third-order valence-electron chi connectivity index (χ3n) is 2.79. The van der Waals surface area contributed by atoms with E-state index in [0.29, 0.717) is 16.7 Å². The van der Waals surface area contributed by atoms with Crippen LogP contribution in [0.5, 0.6) is 0 Å². The SMILES string of the molecule is Cc1n[nH]c(C)c1S(=O)(=O)NC1(CBr)CC1. The molecular weight excluding hydrogens is 294 g/mol. The van der Waals surface area contributed by atoms with Gasteiger partial charge in [0.15, 0.2) is 0 Å². The van der Waals surface area contributed by atoms with E-state index in [-0.39, 0.29) is 10.4 Å². The number of sulfonamides is 1. The molecule has 1 heterocycles. The first-order valence-corrected chi connectivity index (χ1v) is 7.62. The summed E-state index contributed by atoms with van der Waals surface area (Å²) in [5.41, 5.74) is 0.806. The smallest absolute Gasteiger partial charge is 0.244 e. The van der Waals surface area contributed by atoms with Crippen molar-refractivity contribution in [1.82, 2.24) is 14.9 Å². The summed E-state index contributed by atoms with van der Waals surface area (Å²) in [5.74, 6) is 0. The summed E-state index contributed by atoms with van der Waals surface area (Å²) in [6, 6.07) is 0. The van der Waals surface area contributed by atoms with E-state index in [2.05, 4.69) is 30.8 Å². The Bertz CT molecular complexity index is 485. The molecule has 0 unspecified atom stereocenters. The van der Waals surface area contributed by atoms with Gasteiger partial charge >= 0.3 is 0 Å². The van der Waals surface area contributed by atoms with E-state index in [0.717, 1.165) is 12.8 Å². The van der Waals surface area contributed by atoms with Gasteiger partial charge in [0.2, 0.25) is 10.0 Å². The Morgan fingerprint density at radius 2 is 2.12 bits per heavy atom. The molecule has 7 heteroatoms. The minimum atomic E-state index is -3.46. The van der Waals surface area contributed by atoms with Gasteiger partial charge in [0.05, 0.1) is 11.4 Å². The van der Waals surface area contributed by atoms with E-state index in [1.807, 2.05) is 0 Å². The predicted molar refractivity (Wildman–Crippen MR) is 64.1 cm³/mol. The van der Waals surface area contributed by atoms with Crippen molar-refractivity contribution in [3.8, 4) is 0 Å². The van der Waals surface area contributed by atoms with E-state index in [1.54, 1.807) is 13.8 Å². The lowest BCUT2D eigenvalue weighted by Gasteiger charge is -2.14. The fourth-order valence-electron chi connectivity index (χ4n) is 1.69. The standard InChI is InChI=1S/C9H14BrN3O2S/c1-6-8(7(2)12-11-6)16(14,15)13-9(5-10)3-4-9/h13H,3-5H2,1-2H3,(H,11,12). The minimum absolute atomic E-state index is 0.278. The number of aryl methyl sites for hydroxylation is 2. The molecule has 1 aromatic heterocycles. The van der Waals surface area contributed by atoms with Gasteiger partial charge in [-0.3, -0.25) is 5.10 Å². The Morgan fingerprint density at radius 3 is 2.50 bits per heavy atom. The summed E-state index contributed by atoms with van der Waals surface area (Å²) in [6.45, 7) is 3.40. The molecule has 1 fully saturated rings. The largest absolute Gasteiger partial charge is 0.281 e. The number of aromatic nitrogens is 2. The Morgan fingerprint density at radius 1 is 1.50 bits per heavy atom. The van der Waals surface area contributed by atoms with Gasteiger partial charge in [-0.1, -0.05) is 15.9 Å². The zero-order valence-electron chi connectivity index (χ0n) is 9.17. The molecule has 16 heavy (non-hydrogen) atoms. The maximum atomic E-state index is 12.2. The first kappa shape index (κ1) is 12.1. The molecule has 1 aliphatic rings. The Hall–Kier alpha value is -0.400. The number of nitrogens with zero attached hydrogens (tertiary/aromatic N) is 1. The number of hydrogen-bond donors (Lipinski definition) is 2. The second-order valence-corrected chi connectivity index (χ2v) is 6.46. The second kappa shape index (κ2) is 3.82. The van der Waals surface area contributed by atoms with Crippen molar-refractivity contribution in [3.63, 3.8) is 0 Å². The van der Waals surface area contributed by atoms with Gasteiger partial charge in [-0.25, -0.2) is 13.1 Å². The summed E-state index contributed by atoms with van der Waals surface area (Å²) in [5, 5.41) is 7.24. The van der Waals surface area contributed by atoms with Gasteiger partial charge in [-0.05, 0) is 26.7 Å². The van der Waals surface area contributed by atoms with Gasteiger partial charge < -0.3 is 0 Å².